The van der Waals surface area contributed by atoms with Crippen molar-refractivity contribution in [2.75, 3.05) is 0 Å². The smallest absolute Gasteiger partial charge is 0.0548 e. The van der Waals surface area contributed by atoms with E-state index in [-0.39, 0.29) is 6.17 Å². The van der Waals surface area contributed by atoms with Gasteiger partial charge in [0.1, 0.15) is 0 Å². The van der Waals surface area contributed by atoms with E-state index in [1.165, 1.54) is 86.2 Å². The molecular formula is C58H46N4. The van der Waals surface area contributed by atoms with E-state index in [0.717, 1.165) is 24.5 Å². The fourth-order valence-corrected chi connectivity index (χ4v) is 8.77. The maximum absolute atomic E-state index is 4.27. The van der Waals surface area contributed by atoms with E-state index < -0.39 is 0 Å². The molecule has 298 valence electrons. The molecule has 2 aromatic heterocycles. The van der Waals surface area contributed by atoms with Crippen molar-refractivity contribution < 1.29 is 0 Å². The molecule has 0 amide bonds. The number of benzene rings is 10. The zero-order valence-corrected chi connectivity index (χ0v) is 34.7. The van der Waals surface area contributed by atoms with E-state index in [0.29, 0.717) is 0 Å². The van der Waals surface area contributed by atoms with Crippen LogP contribution in [-0.4, -0.2) is 16.1 Å². The van der Waals surface area contributed by atoms with Gasteiger partial charge in [0, 0.05) is 25.5 Å². The van der Waals surface area contributed by atoms with Crippen molar-refractivity contribution in [1.29, 1.82) is 0 Å². The quantitative estimate of drug-likeness (QED) is 0.130. The Labute approximate surface area is 361 Å². The van der Waals surface area contributed by atoms with E-state index in [1.807, 2.05) is 48.8 Å². The van der Waals surface area contributed by atoms with Crippen LogP contribution in [0.15, 0.2) is 219 Å². The summed E-state index contributed by atoms with van der Waals surface area (Å²) >= 11 is 0. The Morgan fingerprint density at radius 2 is 0.548 bits per heavy atom. The van der Waals surface area contributed by atoms with Crippen molar-refractivity contribution in [2.24, 2.45) is 0 Å². The van der Waals surface area contributed by atoms with Crippen LogP contribution in [0.2, 0.25) is 0 Å². The summed E-state index contributed by atoms with van der Waals surface area (Å²) in [6.45, 7) is 3.61. The van der Waals surface area contributed by atoms with Gasteiger partial charge < -0.3 is 0 Å². The monoisotopic (exact) mass is 798 g/mol. The molecule has 12 aromatic rings. The van der Waals surface area contributed by atoms with E-state index in [4.69, 9.17) is 0 Å². The molecule has 0 saturated carbocycles. The van der Waals surface area contributed by atoms with E-state index in [1.54, 1.807) is 0 Å². The molecule has 0 bridgehead atoms. The molecule has 62 heavy (non-hydrogen) atoms. The molecule has 12 rings (SSSR count). The second-order valence-corrected chi connectivity index (χ2v) is 15.8. The van der Waals surface area contributed by atoms with Crippen LogP contribution < -0.4 is 10.6 Å². The summed E-state index contributed by atoms with van der Waals surface area (Å²) in [5.74, 6) is 0. The van der Waals surface area contributed by atoms with Crippen LogP contribution in [0.5, 0.6) is 0 Å². The Morgan fingerprint density at radius 1 is 0.290 bits per heavy atom. The van der Waals surface area contributed by atoms with Crippen molar-refractivity contribution in [3.8, 4) is 0 Å². The van der Waals surface area contributed by atoms with Crippen molar-refractivity contribution in [3.05, 3.63) is 230 Å². The summed E-state index contributed by atoms with van der Waals surface area (Å²) in [4.78, 5) is 8.53. The van der Waals surface area contributed by atoms with Crippen molar-refractivity contribution in [3.63, 3.8) is 0 Å². The van der Waals surface area contributed by atoms with Crippen LogP contribution in [0.3, 0.4) is 0 Å². The first kappa shape index (κ1) is 38.7. The maximum atomic E-state index is 4.27. The van der Waals surface area contributed by atoms with Gasteiger partial charge in [-0.1, -0.05) is 182 Å². The number of rotatable bonds is 6. The Morgan fingerprint density at radius 3 is 0.839 bits per heavy atom. The fourth-order valence-electron chi connectivity index (χ4n) is 8.77. The van der Waals surface area contributed by atoms with Crippen molar-refractivity contribution >= 4 is 86.2 Å². The van der Waals surface area contributed by atoms with Gasteiger partial charge in [-0.25, -0.2) is 0 Å². The Balaban J connectivity index is 0.000000112. The van der Waals surface area contributed by atoms with Gasteiger partial charge in [-0.15, -0.1) is 0 Å². The van der Waals surface area contributed by atoms with Gasteiger partial charge in [-0.05, 0) is 117 Å². The second kappa shape index (κ2) is 17.6. The summed E-state index contributed by atoms with van der Waals surface area (Å²) in [7, 11) is 0. The third-order valence-electron chi connectivity index (χ3n) is 11.9. The molecule has 0 spiro atoms. The summed E-state index contributed by atoms with van der Waals surface area (Å²) in [5.41, 5.74) is 2.09. The SMILES string of the molecule is CC(NCc1ccccn1)NCc1ccccn1.c1ccc2c(c1)ccc1c2ccc2c3ccccc3ccc21.c1ccc2c(c1)ccc1c2ccc2c3ccccc3ccc21. The first-order chi connectivity index (χ1) is 30.7. The van der Waals surface area contributed by atoms with Gasteiger partial charge in [0.2, 0.25) is 0 Å². The highest BCUT2D eigenvalue weighted by Gasteiger charge is 2.09. The molecule has 2 heterocycles. The van der Waals surface area contributed by atoms with Gasteiger partial charge in [-0.2, -0.15) is 0 Å². The normalized spacial score (nSPS) is 11.4. The molecule has 0 aliphatic heterocycles. The van der Waals surface area contributed by atoms with Gasteiger partial charge in [-0.3, -0.25) is 20.6 Å². The number of fused-ring (bicyclic) bond motifs is 14. The van der Waals surface area contributed by atoms with Crippen molar-refractivity contribution in [2.45, 2.75) is 26.2 Å². The molecule has 0 aliphatic rings. The minimum atomic E-state index is 0.217. The number of hydrogen-bond donors (Lipinski definition) is 2. The summed E-state index contributed by atoms with van der Waals surface area (Å²) in [5, 5.41) is 27.9. The molecule has 0 atom stereocenters. The lowest BCUT2D eigenvalue weighted by Crippen LogP contribution is -2.39. The lowest BCUT2D eigenvalue weighted by atomic mass is 9.94. The number of hydrogen-bond acceptors (Lipinski definition) is 4. The van der Waals surface area contributed by atoms with Crippen LogP contribution >= 0.6 is 0 Å². The number of nitrogens with one attached hydrogen (secondary N) is 2. The highest BCUT2D eigenvalue weighted by Crippen LogP contribution is 2.36. The zero-order chi connectivity index (χ0) is 41.7. The molecule has 0 radical (unpaired) electrons. The minimum absolute atomic E-state index is 0.217. The molecular weight excluding hydrogens is 753 g/mol. The van der Waals surface area contributed by atoms with Crippen LogP contribution in [0, 0.1) is 0 Å². The predicted octanol–water partition coefficient (Wildman–Crippen LogP) is 14.3. The number of pyridine rings is 2. The van der Waals surface area contributed by atoms with Crippen LogP contribution in [-0.2, 0) is 13.1 Å². The van der Waals surface area contributed by atoms with E-state index >= 15 is 0 Å². The Hall–Kier alpha value is -7.50. The van der Waals surface area contributed by atoms with Crippen molar-refractivity contribution in [1.82, 2.24) is 20.6 Å². The molecule has 2 N–H and O–H groups in total. The van der Waals surface area contributed by atoms with Crippen LogP contribution in [0.25, 0.3) is 86.2 Å². The first-order valence-corrected chi connectivity index (χ1v) is 21.4. The van der Waals surface area contributed by atoms with Gasteiger partial charge in [0.15, 0.2) is 0 Å². The third-order valence-corrected chi connectivity index (χ3v) is 11.9. The fraction of sp³-hybridized carbons (Fsp3) is 0.0690. The largest absolute Gasteiger partial charge is 0.296 e. The van der Waals surface area contributed by atoms with Gasteiger partial charge in [0.25, 0.3) is 0 Å². The predicted molar refractivity (Wildman–Crippen MR) is 265 cm³/mol. The van der Waals surface area contributed by atoms with Crippen LogP contribution in [0.1, 0.15) is 18.3 Å². The van der Waals surface area contributed by atoms with E-state index in [2.05, 4.69) is 197 Å². The molecule has 4 nitrogen and oxygen atoms in total. The Bertz CT molecular complexity index is 3070. The molecule has 0 unspecified atom stereocenters. The topological polar surface area (TPSA) is 49.8 Å². The third kappa shape index (κ3) is 7.93. The first-order valence-electron chi connectivity index (χ1n) is 21.4. The average molecular weight is 799 g/mol. The van der Waals surface area contributed by atoms with Crippen LogP contribution in [0.4, 0.5) is 0 Å². The molecule has 0 saturated heterocycles. The highest BCUT2D eigenvalue weighted by molar-refractivity contribution is 6.23. The summed E-state index contributed by atoms with van der Waals surface area (Å²) < 4.78 is 0. The summed E-state index contributed by atoms with van der Waals surface area (Å²) in [6.07, 6.45) is 3.83. The lowest BCUT2D eigenvalue weighted by Gasteiger charge is -2.15. The number of nitrogens with zero attached hydrogens (tertiary/aromatic N) is 2. The molecule has 0 aliphatic carbocycles. The zero-order valence-electron chi connectivity index (χ0n) is 34.7. The standard InChI is InChI=1S/2C22H14.C14H18N4/c2*1-3-7-17-15(5-1)9-11-21-19(17)13-14-20-18-8-4-2-6-16(18)10-12-22(20)21;1-12(17-10-13-6-2-4-8-15-13)18-11-14-7-3-5-9-16-14/h2*1-14H;2-9,12,17-18H,10-11H2,1H3. The molecule has 10 aromatic carbocycles. The minimum Gasteiger partial charge on any atom is -0.296 e. The maximum Gasteiger partial charge on any atom is 0.0548 e. The lowest BCUT2D eigenvalue weighted by molar-refractivity contribution is 0.446. The Kier molecular flexibility index (Phi) is 11.0. The summed E-state index contributed by atoms with van der Waals surface area (Å²) in [6, 6.07) is 73.3. The van der Waals surface area contributed by atoms with Gasteiger partial charge in [0.05, 0.1) is 17.6 Å². The highest BCUT2D eigenvalue weighted by atomic mass is 15.1. The average Bonchev–Trinajstić information content (AvgIpc) is 3.35. The van der Waals surface area contributed by atoms with E-state index in [9.17, 15) is 0 Å². The number of aromatic nitrogens is 2. The molecule has 4 heteroatoms. The van der Waals surface area contributed by atoms with Gasteiger partial charge >= 0.3 is 0 Å². The second-order valence-electron chi connectivity index (χ2n) is 15.8. The molecule has 0 fully saturated rings.